The van der Waals surface area contributed by atoms with E-state index in [4.69, 9.17) is 39.2 Å². The van der Waals surface area contributed by atoms with Crippen LogP contribution in [0.3, 0.4) is 0 Å². The van der Waals surface area contributed by atoms with E-state index in [0.717, 1.165) is 11.1 Å². The third-order valence-corrected chi connectivity index (χ3v) is 6.35. The van der Waals surface area contributed by atoms with Gasteiger partial charge in [-0.05, 0) is 60.5 Å². The van der Waals surface area contributed by atoms with Gasteiger partial charge in [0.05, 0.1) is 17.0 Å². The number of rotatable bonds is 2. The van der Waals surface area contributed by atoms with Crippen LogP contribution in [0.1, 0.15) is 33.3 Å². The normalized spacial score (nSPS) is 15.5. The molecule has 0 radical (unpaired) electrons. The van der Waals surface area contributed by atoms with E-state index >= 15 is 0 Å². The highest BCUT2D eigenvalue weighted by atomic mass is 35.5. The molecule has 1 aliphatic rings. The molecule has 1 atom stereocenters. The molecule has 3 aromatic carbocycles. The number of carbonyl (C=O) groups excluding carboxylic acids is 1. The molecule has 5 rings (SSSR count). The van der Waals surface area contributed by atoms with Gasteiger partial charge in [0.1, 0.15) is 5.58 Å². The molecule has 4 nitrogen and oxygen atoms in total. The molecule has 0 aliphatic carbocycles. The molecule has 7 heteroatoms. The predicted molar refractivity (Wildman–Crippen MR) is 124 cm³/mol. The number of aryl methyl sites for hydroxylation is 1. The van der Waals surface area contributed by atoms with E-state index in [1.54, 1.807) is 54.6 Å². The highest BCUT2D eigenvalue weighted by Crippen LogP contribution is 2.42. The number of nitrogens with zero attached hydrogens (tertiary/aromatic N) is 1. The number of halogens is 3. The Morgan fingerprint density at radius 1 is 0.871 bits per heavy atom. The average Bonchev–Trinajstić information content (AvgIpc) is 3.04. The molecular formula is C24H14Cl3NO3. The lowest BCUT2D eigenvalue weighted by molar-refractivity contribution is 0.0971. The van der Waals surface area contributed by atoms with Gasteiger partial charge in [0.2, 0.25) is 5.76 Å². The molecule has 0 saturated carbocycles. The van der Waals surface area contributed by atoms with Crippen LogP contribution in [0.2, 0.25) is 15.1 Å². The Balaban J connectivity index is 1.82. The lowest BCUT2D eigenvalue weighted by atomic mass is 9.98. The zero-order chi connectivity index (χ0) is 21.9. The van der Waals surface area contributed by atoms with Gasteiger partial charge in [-0.15, -0.1) is 0 Å². The second-order valence-electron chi connectivity index (χ2n) is 7.38. The first-order valence-electron chi connectivity index (χ1n) is 9.46. The molecule has 4 aromatic rings. The number of anilines is 1. The maximum atomic E-state index is 13.5. The van der Waals surface area contributed by atoms with Crippen LogP contribution in [0.25, 0.3) is 11.0 Å². The largest absolute Gasteiger partial charge is 0.450 e. The summed E-state index contributed by atoms with van der Waals surface area (Å²) in [5.41, 5.74) is 2.44. The number of hydrogen-bond donors (Lipinski definition) is 0. The topological polar surface area (TPSA) is 50.5 Å². The fourth-order valence-electron chi connectivity index (χ4n) is 3.90. The molecule has 0 N–H and O–H groups in total. The molecule has 0 saturated heterocycles. The molecule has 31 heavy (non-hydrogen) atoms. The molecule has 0 bridgehead atoms. The predicted octanol–water partition coefficient (Wildman–Crippen LogP) is 6.81. The van der Waals surface area contributed by atoms with Crippen molar-refractivity contribution in [2.24, 2.45) is 0 Å². The van der Waals surface area contributed by atoms with Crippen LogP contribution in [0.4, 0.5) is 5.69 Å². The molecule has 1 aliphatic heterocycles. The molecule has 1 unspecified atom stereocenters. The van der Waals surface area contributed by atoms with E-state index in [0.29, 0.717) is 31.7 Å². The van der Waals surface area contributed by atoms with E-state index in [2.05, 4.69) is 0 Å². The second-order valence-corrected chi connectivity index (χ2v) is 8.66. The van der Waals surface area contributed by atoms with Crippen LogP contribution in [-0.4, -0.2) is 5.91 Å². The van der Waals surface area contributed by atoms with Crippen molar-refractivity contribution in [2.75, 3.05) is 4.90 Å². The Morgan fingerprint density at radius 2 is 1.58 bits per heavy atom. The number of amides is 1. The lowest BCUT2D eigenvalue weighted by Crippen LogP contribution is -2.29. The van der Waals surface area contributed by atoms with Gasteiger partial charge in [0.25, 0.3) is 5.91 Å². The Labute approximate surface area is 192 Å². The molecule has 0 fully saturated rings. The second kappa shape index (κ2) is 7.41. The number of carbonyl (C=O) groups is 1. The zero-order valence-electron chi connectivity index (χ0n) is 16.2. The van der Waals surface area contributed by atoms with Crippen molar-refractivity contribution in [1.82, 2.24) is 0 Å². The summed E-state index contributed by atoms with van der Waals surface area (Å²) in [5.74, 6) is -0.403. The summed E-state index contributed by atoms with van der Waals surface area (Å²) < 4.78 is 5.92. The number of fused-ring (bicyclic) bond motifs is 2. The molecule has 154 valence electrons. The Hall–Kier alpha value is -2.79. The average molecular weight is 471 g/mol. The fourth-order valence-corrected chi connectivity index (χ4v) is 4.38. The van der Waals surface area contributed by atoms with Crippen molar-refractivity contribution in [3.63, 3.8) is 0 Å². The smallest absolute Gasteiger partial charge is 0.295 e. The van der Waals surface area contributed by atoms with Crippen molar-refractivity contribution in [3.05, 3.63) is 108 Å². The van der Waals surface area contributed by atoms with Crippen LogP contribution in [-0.2, 0) is 0 Å². The van der Waals surface area contributed by atoms with Gasteiger partial charge in [-0.25, -0.2) is 0 Å². The number of benzene rings is 3. The molecule has 1 amide bonds. The van der Waals surface area contributed by atoms with E-state index in [1.807, 2.05) is 13.0 Å². The highest BCUT2D eigenvalue weighted by molar-refractivity contribution is 6.32. The van der Waals surface area contributed by atoms with Gasteiger partial charge in [-0.3, -0.25) is 14.5 Å². The van der Waals surface area contributed by atoms with Crippen LogP contribution in [0.5, 0.6) is 0 Å². The van der Waals surface area contributed by atoms with Gasteiger partial charge in [-0.2, -0.15) is 0 Å². The minimum atomic E-state index is -0.696. The van der Waals surface area contributed by atoms with Crippen LogP contribution < -0.4 is 10.3 Å². The lowest BCUT2D eigenvalue weighted by Gasteiger charge is -2.25. The van der Waals surface area contributed by atoms with Gasteiger partial charge >= 0.3 is 0 Å². The van der Waals surface area contributed by atoms with E-state index in [9.17, 15) is 9.59 Å². The van der Waals surface area contributed by atoms with Gasteiger partial charge in [0, 0.05) is 20.8 Å². The molecular weight excluding hydrogens is 457 g/mol. The summed E-state index contributed by atoms with van der Waals surface area (Å²) in [6, 6.07) is 16.4. The first-order chi connectivity index (χ1) is 14.8. The van der Waals surface area contributed by atoms with Crippen molar-refractivity contribution in [2.45, 2.75) is 13.0 Å². The number of hydrogen-bond acceptors (Lipinski definition) is 3. The standard InChI is InChI=1S/C24H14Cl3NO3/c1-12-2-8-16(11-18(12)27)28-21(13-3-5-14(25)6-4-13)20-22(29)17-10-15(26)7-9-19(17)31-23(20)24(28)30/h2-11,21H,1H3. The quantitative estimate of drug-likeness (QED) is 0.323. The van der Waals surface area contributed by atoms with Gasteiger partial charge in [0.15, 0.2) is 5.43 Å². The maximum Gasteiger partial charge on any atom is 0.295 e. The SMILES string of the molecule is Cc1ccc(N2C(=O)c3oc4ccc(Cl)cc4c(=O)c3C2c2ccc(Cl)cc2)cc1Cl. The summed E-state index contributed by atoms with van der Waals surface area (Å²) in [4.78, 5) is 28.6. The summed E-state index contributed by atoms with van der Waals surface area (Å²) in [5, 5.41) is 1.80. The zero-order valence-corrected chi connectivity index (χ0v) is 18.4. The van der Waals surface area contributed by atoms with Crippen molar-refractivity contribution in [3.8, 4) is 0 Å². The van der Waals surface area contributed by atoms with Crippen molar-refractivity contribution >= 4 is 57.4 Å². The van der Waals surface area contributed by atoms with E-state index < -0.39 is 11.9 Å². The first kappa shape index (κ1) is 20.1. The molecule has 2 heterocycles. The summed E-state index contributed by atoms with van der Waals surface area (Å²) in [7, 11) is 0. The fraction of sp³-hybridized carbons (Fsp3) is 0.0833. The van der Waals surface area contributed by atoms with Gasteiger partial charge < -0.3 is 4.42 Å². The molecule has 1 aromatic heterocycles. The van der Waals surface area contributed by atoms with Crippen LogP contribution in [0.15, 0.2) is 69.9 Å². The van der Waals surface area contributed by atoms with Crippen molar-refractivity contribution < 1.29 is 9.21 Å². The van der Waals surface area contributed by atoms with E-state index in [1.165, 1.54) is 4.90 Å². The molecule has 0 spiro atoms. The summed E-state index contributed by atoms with van der Waals surface area (Å²) >= 11 is 18.5. The Morgan fingerprint density at radius 3 is 2.29 bits per heavy atom. The summed E-state index contributed by atoms with van der Waals surface area (Å²) in [6.45, 7) is 1.88. The third-order valence-electron chi connectivity index (χ3n) is 5.45. The monoisotopic (exact) mass is 469 g/mol. The van der Waals surface area contributed by atoms with Crippen LogP contribution in [0, 0.1) is 6.92 Å². The highest BCUT2D eigenvalue weighted by Gasteiger charge is 2.43. The first-order valence-corrected chi connectivity index (χ1v) is 10.6. The Kier molecular flexibility index (Phi) is 4.82. The minimum Gasteiger partial charge on any atom is -0.450 e. The Bertz CT molecular complexity index is 1430. The van der Waals surface area contributed by atoms with Crippen LogP contribution >= 0.6 is 34.8 Å². The van der Waals surface area contributed by atoms with Gasteiger partial charge in [-0.1, -0.05) is 53.0 Å². The third kappa shape index (κ3) is 3.23. The maximum absolute atomic E-state index is 13.5. The summed E-state index contributed by atoms with van der Waals surface area (Å²) in [6.07, 6.45) is 0. The van der Waals surface area contributed by atoms with E-state index in [-0.39, 0.29) is 16.8 Å². The van der Waals surface area contributed by atoms with Crippen molar-refractivity contribution in [1.29, 1.82) is 0 Å². The minimum absolute atomic E-state index is 0.0106.